The van der Waals surface area contributed by atoms with Crippen molar-refractivity contribution in [3.8, 4) is 0 Å². The van der Waals surface area contributed by atoms with Crippen molar-refractivity contribution in [3.63, 3.8) is 0 Å². The Morgan fingerprint density at radius 2 is 0.750 bits per heavy atom. The zero-order chi connectivity index (χ0) is 18.6. The van der Waals surface area contributed by atoms with Crippen molar-refractivity contribution in [2.45, 2.75) is 61.4 Å². The maximum absolute atomic E-state index is 9.12. The molecule has 0 aromatic heterocycles. The van der Waals surface area contributed by atoms with Crippen molar-refractivity contribution < 1.29 is 60.5 Å². The summed E-state index contributed by atoms with van der Waals surface area (Å²) >= 11 is 0. The number of ether oxygens (including phenoxy) is 2. The van der Waals surface area contributed by atoms with Gasteiger partial charge in [0.05, 0.1) is 13.2 Å². The van der Waals surface area contributed by atoms with E-state index in [0.717, 1.165) is 0 Å². The van der Waals surface area contributed by atoms with Gasteiger partial charge in [-0.1, -0.05) is 0 Å². The van der Waals surface area contributed by atoms with Gasteiger partial charge in [-0.2, -0.15) is 0 Å². The molecule has 10 N–H and O–H groups in total. The molecular weight excluding hydrogens is 336 g/mol. The molecule has 12 heteroatoms. The Labute approximate surface area is 136 Å². The van der Waals surface area contributed by atoms with Crippen molar-refractivity contribution in [1.29, 1.82) is 0 Å². The lowest BCUT2D eigenvalue weighted by Crippen LogP contribution is -2.58. The van der Waals surface area contributed by atoms with Gasteiger partial charge in [0.1, 0.15) is 48.8 Å². The largest absolute Gasteiger partial charge is 0.394 e. The Morgan fingerprint density at radius 3 is 1.00 bits per heavy atom. The molecular formula is C12H24O12. The van der Waals surface area contributed by atoms with Crippen molar-refractivity contribution in [2.75, 3.05) is 13.2 Å². The molecule has 0 aliphatic carbocycles. The highest BCUT2D eigenvalue weighted by Crippen LogP contribution is 2.19. The molecule has 2 aliphatic heterocycles. The molecule has 2 aliphatic rings. The van der Waals surface area contributed by atoms with Crippen LogP contribution in [0.5, 0.6) is 0 Å². The quantitative estimate of drug-likeness (QED) is 0.222. The SMILES string of the molecule is OC[C@H]1OC(O)[C@H](O)[C@@H](O)[C@H]1O.OC[C@H]1OC(O)[C@H](O)[C@@H](O)[C@H]1O. The third-order valence-electron chi connectivity index (χ3n) is 3.73. The van der Waals surface area contributed by atoms with Crippen LogP contribution in [0.4, 0.5) is 0 Å². The lowest BCUT2D eigenvalue weighted by atomic mass is 10.00. The third-order valence-corrected chi connectivity index (χ3v) is 3.73. The Morgan fingerprint density at radius 1 is 0.458 bits per heavy atom. The summed E-state index contributed by atoms with van der Waals surface area (Å²) in [5, 5.41) is 89.3. The average Bonchev–Trinajstić information content (AvgIpc) is 2.58. The molecule has 2 saturated heterocycles. The van der Waals surface area contributed by atoms with Crippen LogP contribution in [-0.4, -0.2) is 126 Å². The van der Waals surface area contributed by atoms with Gasteiger partial charge in [-0.25, -0.2) is 0 Å². The molecule has 12 nitrogen and oxygen atoms in total. The summed E-state index contributed by atoms with van der Waals surface area (Å²) in [7, 11) is 0. The third kappa shape index (κ3) is 4.78. The number of hydrogen-bond acceptors (Lipinski definition) is 12. The van der Waals surface area contributed by atoms with Crippen LogP contribution in [0.1, 0.15) is 0 Å². The van der Waals surface area contributed by atoms with E-state index in [1.165, 1.54) is 0 Å². The average molecular weight is 360 g/mol. The van der Waals surface area contributed by atoms with Gasteiger partial charge < -0.3 is 60.5 Å². The summed E-state index contributed by atoms with van der Waals surface area (Å²) in [6.45, 7) is -1.05. The highest BCUT2D eigenvalue weighted by atomic mass is 16.6. The number of aliphatic hydroxyl groups is 10. The molecule has 0 aromatic rings. The Balaban J connectivity index is 0.000000240. The fourth-order valence-electron chi connectivity index (χ4n) is 2.16. The van der Waals surface area contributed by atoms with Crippen LogP contribution in [0.3, 0.4) is 0 Å². The minimum absolute atomic E-state index is 0.526. The standard InChI is InChI=1S/2C6H12O6/c2*7-1-2-3(8)4(9)5(10)6(11)12-2/h2*2-11H,1H2/t2*2-,3+,4+,5-,6?/m11/s1. The van der Waals surface area contributed by atoms with E-state index in [4.69, 9.17) is 51.1 Å². The van der Waals surface area contributed by atoms with E-state index in [0.29, 0.717) is 0 Å². The Kier molecular flexibility index (Phi) is 8.34. The van der Waals surface area contributed by atoms with Gasteiger partial charge >= 0.3 is 0 Å². The van der Waals surface area contributed by atoms with Crippen molar-refractivity contribution in [3.05, 3.63) is 0 Å². The van der Waals surface area contributed by atoms with E-state index >= 15 is 0 Å². The van der Waals surface area contributed by atoms with E-state index in [-0.39, 0.29) is 0 Å². The lowest BCUT2D eigenvalue weighted by molar-refractivity contribution is -0.286. The van der Waals surface area contributed by atoms with Gasteiger partial charge in [-0.3, -0.25) is 0 Å². The van der Waals surface area contributed by atoms with Gasteiger partial charge in [0.2, 0.25) is 0 Å². The second-order valence-electron chi connectivity index (χ2n) is 5.44. The van der Waals surface area contributed by atoms with Gasteiger partial charge in [-0.05, 0) is 0 Å². The van der Waals surface area contributed by atoms with Crippen LogP contribution < -0.4 is 0 Å². The van der Waals surface area contributed by atoms with E-state index < -0.39 is 74.6 Å². The van der Waals surface area contributed by atoms with E-state index in [1.807, 2.05) is 0 Å². The first kappa shape index (κ1) is 21.6. The monoisotopic (exact) mass is 360 g/mol. The molecule has 144 valence electrons. The molecule has 2 heterocycles. The number of hydrogen-bond donors (Lipinski definition) is 10. The Bertz CT molecular complexity index is 326. The molecule has 0 radical (unpaired) electrons. The highest BCUT2D eigenvalue weighted by molar-refractivity contribution is 4.88. The molecule has 2 fully saturated rings. The molecule has 2 rings (SSSR count). The minimum Gasteiger partial charge on any atom is -0.394 e. The normalized spacial score (nSPS) is 49.2. The van der Waals surface area contributed by atoms with E-state index in [2.05, 4.69) is 9.47 Å². The van der Waals surface area contributed by atoms with Crippen molar-refractivity contribution in [1.82, 2.24) is 0 Å². The molecule has 0 aromatic carbocycles. The first-order chi connectivity index (χ1) is 11.1. The van der Waals surface area contributed by atoms with Crippen LogP contribution >= 0.6 is 0 Å². The maximum atomic E-state index is 9.12. The predicted molar refractivity (Wildman–Crippen MR) is 72.0 cm³/mol. The second-order valence-corrected chi connectivity index (χ2v) is 5.44. The summed E-state index contributed by atoms with van der Waals surface area (Å²) in [5.74, 6) is 0. The number of rotatable bonds is 2. The molecule has 0 bridgehead atoms. The summed E-state index contributed by atoms with van der Waals surface area (Å²) in [4.78, 5) is 0. The van der Waals surface area contributed by atoms with Crippen LogP contribution in [0.15, 0.2) is 0 Å². The van der Waals surface area contributed by atoms with E-state index in [1.54, 1.807) is 0 Å². The van der Waals surface area contributed by atoms with Crippen LogP contribution in [0.2, 0.25) is 0 Å². The molecule has 0 spiro atoms. The zero-order valence-corrected chi connectivity index (χ0v) is 12.5. The topological polar surface area (TPSA) is 221 Å². The maximum Gasteiger partial charge on any atom is 0.184 e. The molecule has 10 atom stereocenters. The fraction of sp³-hybridized carbons (Fsp3) is 1.00. The number of aliphatic hydroxyl groups excluding tert-OH is 10. The van der Waals surface area contributed by atoms with Gasteiger partial charge in [0.25, 0.3) is 0 Å². The molecule has 0 saturated carbocycles. The van der Waals surface area contributed by atoms with Crippen molar-refractivity contribution >= 4 is 0 Å². The van der Waals surface area contributed by atoms with Gasteiger partial charge in [0, 0.05) is 0 Å². The van der Waals surface area contributed by atoms with Gasteiger partial charge in [-0.15, -0.1) is 0 Å². The Hall–Kier alpha value is -0.480. The van der Waals surface area contributed by atoms with Crippen LogP contribution in [0, 0.1) is 0 Å². The predicted octanol–water partition coefficient (Wildman–Crippen LogP) is -6.44. The summed E-state index contributed by atoms with van der Waals surface area (Å²) in [5.41, 5.74) is 0. The first-order valence-corrected chi connectivity index (χ1v) is 7.12. The van der Waals surface area contributed by atoms with Gasteiger partial charge in [0.15, 0.2) is 12.6 Å². The molecule has 24 heavy (non-hydrogen) atoms. The first-order valence-electron chi connectivity index (χ1n) is 7.12. The van der Waals surface area contributed by atoms with Crippen LogP contribution in [0.25, 0.3) is 0 Å². The minimum atomic E-state index is -1.57. The van der Waals surface area contributed by atoms with Crippen molar-refractivity contribution in [2.24, 2.45) is 0 Å². The van der Waals surface area contributed by atoms with Crippen LogP contribution in [-0.2, 0) is 9.47 Å². The summed E-state index contributed by atoms with van der Waals surface area (Å²) in [6.07, 6.45) is -14.1. The fourth-order valence-corrected chi connectivity index (χ4v) is 2.16. The smallest absolute Gasteiger partial charge is 0.184 e. The second kappa shape index (κ2) is 9.28. The lowest BCUT2D eigenvalue weighted by Gasteiger charge is -2.37. The summed E-state index contributed by atoms with van der Waals surface area (Å²) < 4.78 is 9.15. The highest BCUT2D eigenvalue weighted by Gasteiger charge is 2.43. The molecule has 2 unspecified atom stereocenters. The zero-order valence-electron chi connectivity index (χ0n) is 12.5. The summed E-state index contributed by atoms with van der Waals surface area (Å²) in [6, 6.07) is 0. The van der Waals surface area contributed by atoms with E-state index in [9.17, 15) is 0 Å². The molecule has 0 amide bonds.